The largest absolute Gasteiger partial charge is 0.401 e. The van der Waals surface area contributed by atoms with Gasteiger partial charge in [0.2, 0.25) is 5.91 Å². The van der Waals surface area contributed by atoms with Gasteiger partial charge in [0.15, 0.2) is 0 Å². The van der Waals surface area contributed by atoms with E-state index in [0.717, 1.165) is 0 Å². The van der Waals surface area contributed by atoms with Crippen molar-refractivity contribution < 1.29 is 37.5 Å². The van der Waals surface area contributed by atoms with E-state index < -0.39 is 0 Å². The molecular weight excluding hydrogens is 169 g/mol. The molecule has 0 aliphatic heterocycles. The van der Waals surface area contributed by atoms with Gasteiger partial charge in [-0.1, -0.05) is 0 Å². The fraction of sp³-hybridized carbons (Fsp3) is 0.333. The van der Waals surface area contributed by atoms with Crippen molar-refractivity contribution in [2.75, 3.05) is 0 Å². The Morgan fingerprint density at radius 2 is 2.29 bits per heavy atom. The summed E-state index contributed by atoms with van der Waals surface area (Å²) >= 11 is 0. The molecule has 0 aliphatic rings. The molecule has 0 aromatic rings. The summed E-state index contributed by atoms with van der Waals surface area (Å²) in [5, 5.41) is 2.84. The van der Waals surface area contributed by atoms with Crippen LogP contribution < -0.4 is 5.43 Å². The molecule has 4 heteroatoms. The fourth-order valence-electron chi connectivity index (χ4n) is 0.0909. The predicted molar refractivity (Wildman–Crippen MR) is 22.3 cm³/mol. The van der Waals surface area contributed by atoms with Crippen LogP contribution in [-0.4, -0.2) is 12.6 Å². The van der Waals surface area contributed by atoms with Crippen LogP contribution in [0, 0.1) is 0 Å². The molecule has 1 amide bonds. The average Bonchev–Trinajstić information content (AvgIpc) is 1.35. The minimum absolute atomic E-state index is 0. The molecule has 0 atom stereocenters. The van der Waals surface area contributed by atoms with Gasteiger partial charge in [0.05, 0.1) is 0 Å². The zero-order valence-electron chi connectivity index (χ0n) is 4.01. The van der Waals surface area contributed by atoms with Gasteiger partial charge in [-0.2, -0.15) is 0 Å². The minimum atomic E-state index is -0.252. The van der Waals surface area contributed by atoms with Crippen molar-refractivity contribution in [2.45, 2.75) is 6.92 Å². The number of hydrogen-bond donors (Lipinski definition) is 1. The summed E-state index contributed by atoms with van der Waals surface area (Å²) in [7, 11) is 0. The molecule has 0 aliphatic carbocycles. The van der Waals surface area contributed by atoms with Crippen LogP contribution in [0.5, 0.6) is 0 Å². The SMILES string of the molecule is [CH-]=NNC(C)=O.[Y]. The van der Waals surface area contributed by atoms with Crippen LogP contribution in [0.25, 0.3) is 0 Å². The Morgan fingerprint density at radius 3 is 2.29 bits per heavy atom. The van der Waals surface area contributed by atoms with Gasteiger partial charge in [0.1, 0.15) is 0 Å². The molecule has 0 fully saturated rings. The van der Waals surface area contributed by atoms with Crippen molar-refractivity contribution in [1.82, 2.24) is 5.43 Å². The summed E-state index contributed by atoms with van der Waals surface area (Å²) in [6, 6.07) is 0. The third-order valence-electron chi connectivity index (χ3n) is 0.222. The second-order valence-electron chi connectivity index (χ2n) is 0.797. The van der Waals surface area contributed by atoms with E-state index in [9.17, 15) is 4.79 Å². The molecule has 7 heavy (non-hydrogen) atoms. The molecule has 0 aromatic heterocycles. The average molecular weight is 174 g/mol. The summed E-state index contributed by atoms with van der Waals surface area (Å²) < 4.78 is 0. The normalized spacial score (nSPS) is 5.86. The number of hydrogen-bond acceptors (Lipinski definition) is 2. The van der Waals surface area contributed by atoms with Gasteiger partial charge < -0.3 is 11.8 Å². The van der Waals surface area contributed by atoms with Gasteiger partial charge in [-0.15, -0.1) is 0 Å². The van der Waals surface area contributed by atoms with E-state index in [-0.39, 0.29) is 38.6 Å². The van der Waals surface area contributed by atoms with E-state index in [2.05, 4.69) is 11.8 Å². The zero-order chi connectivity index (χ0) is 4.99. The Morgan fingerprint density at radius 1 is 1.86 bits per heavy atom. The van der Waals surface area contributed by atoms with Crippen molar-refractivity contribution in [3.05, 3.63) is 0 Å². The van der Waals surface area contributed by atoms with Gasteiger partial charge in [0, 0.05) is 39.6 Å². The maximum atomic E-state index is 9.76. The van der Waals surface area contributed by atoms with Crippen molar-refractivity contribution >= 4 is 12.6 Å². The van der Waals surface area contributed by atoms with E-state index in [4.69, 9.17) is 0 Å². The first-order valence-electron chi connectivity index (χ1n) is 1.44. The molecule has 0 unspecified atom stereocenters. The van der Waals surface area contributed by atoms with E-state index >= 15 is 0 Å². The van der Waals surface area contributed by atoms with Gasteiger partial charge in [-0.05, 0) is 0 Å². The van der Waals surface area contributed by atoms with E-state index in [1.54, 1.807) is 0 Å². The Labute approximate surface area is 67.4 Å². The number of amides is 1. The Hall–Kier alpha value is 0.244. The molecule has 0 spiro atoms. The topological polar surface area (TPSA) is 41.5 Å². The maximum absolute atomic E-state index is 9.76. The van der Waals surface area contributed by atoms with Crippen molar-refractivity contribution in [2.24, 2.45) is 5.10 Å². The van der Waals surface area contributed by atoms with Crippen LogP contribution >= 0.6 is 0 Å². The predicted octanol–water partition coefficient (Wildman–Crippen LogP) is -0.387. The van der Waals surface area contributed by atoms with Gasteiger partial charge >= 0.3 is 0 Å². The third kappa shape index (κ3) is 10.7. The monoisotopic (exact) mass is 174 g/mol. The second kappa shape index (κ2) is 6.24. The zero-order valence-corrected chi connectivity index (χ0v) is 6.85. The van der Waals surface area contributed by atoms with Crippen LogP contribution in [0.15, 0.2) is 5.10 Å². The summed E-state index contributed by atoms with van der Waals surface area (Å²) in [5.74, 6) is -0.252. The Bertz CT molecular complexity index is 73.3. The molecule has 37 valence electrons. The first kappa shape index (κ1) is 10.3. The molecule has 1 N–H and O–H groups in total. The molecule has 0 rings (SSSR count). The van der Waals surface area contributed by atoms with Crippen LogP contribution in [0.1, 0.15) is 6.92 Å². The standard InChI is InChI=1S/C3H5N2O.Y/c1-3(6)5-4-2;/h2H,1H3,(H,5,6);/q-1;. The summed E-state index contributed by atoms with van der Waals surface area (Å²) in [5.41, 5.74) is 1.97. The Balaban J connectivity index is 0. The molecule has 0 heterocycles. The number of nitrogens with zero attached hydrogens (tertiary/aromatic N) is 1. The quantitative estimate of drug-likeness (QED) is 0.328. The molecule has 0 bridgehead atoms. The molecule has 0 saturated heterocycles. The van der Waals surface area contributed by atoms with Crippen LogP contribution in [0.3, 0.4) is 0 Å². The molecule has 3 nitrogen and oxygen atoms in total. The van der Waals surface area contributed by atoms with Gasteiger partial charge in [0.25, 0.3) is 0 Å². The van der Waals surface area contributed by atoms with E-state index in [1.165, 1.54) is 6.92 Å². The molecule has 0 saturated carbocycles. The van der Waals surface area contributed by atoms with E-state index in [0.29, 0.717) is 0 Å². The van der Waals surface area contributed by atoms with Crippen molar-refractivity contribution in [1.29, 1.82) is 0 Å². The van der Waals surface area contributed by atoms with Gasteiger partial charge in [-0.3, -0.25) is 10.2 Å². The first-order chi connectivity index (χ1) is 2.77. The number of carbonyl (C=O) groups is 1. The van der Waals surface area contributed by atoms with Crippen LogP contribution in [0.2, 0.25) is 0 Å². The van der Waals surface area contributed by atoms with E-state index in [1.807, 2.05) is 5.43 Å². The smallest absolute Gasteiger partial charge is 0.234 e. The van der Waals surface area contributed by atoms with Crippen molar-refractivity contribution in [3.63, 3.8) is 0 Å². The van der Waals surface area contributed by atoms with Gasteiger partial charge in [-0.25, -0.2) is 0 Å². The molecular formula is C3H5N2OY-. The maximum Gasteiger partial charge on any atom is 0.234 e. The number of carbonyl (C=O) groups excluding carboxylic acids is 1. The fourth-order valence-corrected chi connectivity index (χ4v) is 0.0909. The molecule has 1 radical (unpaired) electrons. The number of nitrogens with one attached hydrogen (secondary N) is 1. The van der Waals surface area contributed by atoms with Crippen LogP contribution in [-0.2, 0) is 37.5 Å². The summed E-state index contributed by atoms with van der Waals surface area (Å²) in [4.78, 5) is 9.76. The Kier molecular flexibility index (Phi) is 9.16. The van der Waals surface area contributed by atoms with Crippen LogP contribution in [0.4, 0.5) is 0 Å². The summed E-state index contributed by atoms with van der Waals surface area (Å²) in [6.45, 7) is 5.85. The number of rotatable bonds is 1. The number of hydrazone groups is 1. The first-order valence-corrected chi connectivity index (χ1v) is 1.44. The third-order valence-corrected chi connectivity index (χ3v) is 0.222. The summed E-state index contributed by atoms with van der Waals surface area (Å²) in [6.07, 6.45) is 0. The second-order valence-corrected chi connectivity index (χ2v) is 0.797. The minimum Gasteiger partial charge on any atom is -0.401 e. The van der Waals surface area contributed by atoms with Crippen molar-refractivity contribution in [3.8, 4) is 0 Å². The molecule has 0 aromatic carbocycles.